The van der Waals surface area contributed by atoms with Gasteiger partial charge in [0.25, 0.3) is 0 Å². The number of carbonyl (C=O) groups is 1. The van der Waals surface area contributed by atoms with Crippen LogP contribution in [0.25, 0.3) is 0 Å². The molecule has 1 aromatic carbocycles. The van der Waals surface area contributed by atoms with Crippen LogP contribution in [0.4, 0.5) is 0 Å². The van der Waals surface area contributed by atoms with Crippen LogP contribution in [0.5, 0.6) is 17.4 Å². The Kier molecular flexibility index (Phi) is 4.88. The minimum absolute atomic E-state index is 0.220. The van der Waals surface area contributed by atoms with Crippen molar-refractivity contribution in [3.63, 3.8) is 0 Å². The normalized spacial score (nSPS) is 11.8. The standard InChI is InChI=1S/C14H11Cl2NO4/c1-8(14(18)19)20-10-2-4-11(5-3-10)21-13-12(16)6-9(15)7-17-13/h2-8H,1H3,(H,18,19)/p-1/t8-/m1/s1. The highest BCUT2D eigenvalue weighted by Crippen LogP contribution is 2.29. The number of carboxylic acid groups (broad SMARTS) is 1. The van der Waals surface area contributed by atoms with E-state index in [0.29, 0.717) is 16.5 Å². The van der Waals surface area contributed by atoms with E-state index in [1.165, 1.54) is 19.2 Å². The first kappa shape index (κ1) is 15.4. The molecule has 0 bridgehead atoms. The molecule has 0 aliphatic rings. The second kappa shape index (κ2) is 6.65. The number of hydrogen-bond acceptors (Lipinski definition) is 5. The smallest absolute Gasteiger partial charge is 0.238 e. The van der Waals surface area contributed by atoms with E-state index in [4.69, 9.17) is 32.7 Å². The molecule has 2 rings (SSSR count). The van der Waals surface area contributed by atoms with Crippen LogP contribution in [0, 0.1) is 0 Å². The maximum atomic E-state index is 10.6. The molecule has 1 heterocycles. The molecule has 5 nitrogen and oxygen atoms in total. The van der Waals surface area contributed by atoms with E-state index in [2.05, 4.69) is 4.98 Å². The number of rotatable bonds is 5. The lowest BCUT2D eigenvalue weighted by Gasteiger charge is -2.15. The molecular weight excluding hydrogens is 317 g/mol. The predicted octanol–water partition coefficient (Wildman–Crippen LogP) is 2.70. The van der Waals surface area contributed by atoms with Crippen molar-refractivity contribution in [1.82, 2.24) is 4.98 Å². The number of hydrogen-bond donors (Lipinski definition) is 0. The molecule has 0 radical (unpaired) electrons. The van der Waals surface area contributed by atoms with Crippen molar-refractivity contribution in [2.24, 2.45) is 0 Å². The number of benzene rings is 1. The molecule has 0 fully saturated rings. The van der Waals surface area contributed by atoms with Gasteiger partial charge in [-0.1, -0.05) is 23.2 Å². The summed E-state index contributed by atoms with van der Waals surface area (Å²) in [7, 11) is 0. The van der Waals surface area contributed by atoms with Gasteiger partial charge in [0.05, 0.1) is 11.0 Å². The topological polar surface area (TPSA) is 71.5 Å². The van der Waals surface area contributed by atoms with Crippen LogP contribution < -0.4 is 14.6 Å². The van der Waals surface area contributed by atoms with E-state index in [1.807, 2.05) is 0 Å². The Hall–Kier alpha value is -1.98. The van der Waals surface area contributed by atoms with Crippen molar-refractivity contribution < 1.29 is 19.4 Å². The zero-order valence-electron chi connectivity index (χ0n) is 10.9. The highest BCUT2D eigenvalue weighted by atomic mass is 35.5. The summed E-state index contributed by atoms with van der Waals surface area (Å²) in [5, 5.41) is 11.3. The van der Waals surface area contributed by atoms with Crippen molar-refractivity contribution in [3.8, 4) is 17.4 Å². The third-order valence-electron chi connectivity index (χ3n) is 2.46. The summed E-state index contributed by atoms with van der Waals surface area (Å²) in [4.78, 5) is 14.5. The van der Waals surface area contributed by atoms with Crippen molar-refractivity contribution in [2.45, 2.75) is 13.0 Å². The molecule has 0 aliphatic carbocycles. The SMILES string of the molecule is C[C@@H](Oc1ccc(Oc2ncc(Cl)cc2Cl)cc1)C(=O)[O-]. The van der Waals surface area contributed by atoms with E-state index < -0.39 is 12.1 Å². The molecule has 1 atom stereocenters. The highest BCUT2D eigenvalue weighted by molar-refractivity contribution is 6.35. The second-order valence-electron chi connectivity index (χ2n) is 4.09. The van der Waals surface area contributed by atoms with Gasteiger partial charge < -0.3 is 19.4 Å². The van der Waals surface area contributed by atoms with Gasteiger partial charge >= 0.3 is 0 Å². The van der Waals surface area contributed by atoms with Gasteiger partial charge in [-0.05, 0) is 37.3 Å². The van der Waals surface area contributed by atoms with Crippen LogP contribution in [-0.4, -0.2) is 17.1 Å². The molecule has 0 aliphatic heterocycles. The average Bonchev–Trinajstić information content (AvgIpc) is 2.43. The summed E-state index contributed by atoms with van der Waals surface area (Å²) >= 11 is 11.7. The fourth-order valence-electron chi connectivity index (χ4n) is 1.43. The summed E-state index contributed by atoms with van der Waals surface area (Å²) < 4.78 is 10.6. The average molecular weight is 327 g/mol. The minimum Gasteiger partial charge on any atom is -0.546 e. The molecular formula is C14H10Cl2NO4-. The van der Waals surface area contributed by atoms with Gasteiger partial charge in [0.2, 0.25) is 5.88 Å². The molecule has 2 aromatic rings. The van der Waals surface area contributed by atoms with Crippen LogP contribution in [0.15, 0.2) is 36.5 Å². The molecule has 7 heteroatoms. The lowest BCUT2D eigenvalue weighted by atomic mass is 10.3. The van der Waals surface area contributed by atoms with E-state index in [1.54, 1.807) is 24.3 Å². The number of carbonyl (C=O) groups excluding carboxylic acids is 1. The number of halogens is 2. The summed E-state index contributed by atoms with van der Waals surface area (Å²) in [6.45, 7) is 1.39. The highest BCUT2D eigenvalue weighted by Gasteiger charge is 2.07. The first-order valence-electron chi connectivity index (χ1n) is 5.92. The Balaban J connectivity index is 2.07. The van der Waals surface area contributed by atoms with Crippen molar-refractivity contribution in [1.29, 1.82) is 0 Å². The number of aromatic nitrogens is 1. The third kappa shape index (κ3) is 4.24. The van der Waals surface area contributed by atoms with Gasteiger partial charge in [-0.15, -0.1) is 0 Å². The largest absolute Gasteiger partial charge is 0.546 e. The van der Waals surface area contributed by atoms with Gasteiger partial charge in [0.15, 0.2) is 0 Å². The third-order valence-corrected chi connectivity index (χ3v) is 2.93. The predicted molar refractivity (Wildman–Crippen MR) is 75.9 cm³/mol. The lowest BCUT2D eigenvalue weighted by molar-refractivity contribution is -0.312. The van der Waals surface area contributed by atoms with E-state index in [0.717, 1.165) is 0 Å². The monoisotopic (exact) mass is 326 g/mol. The molecule has 0 saturated heterocycles. The van der Waals surface area contributed by atoms with Gasteiger partial charge in [0, 0.05) is 6.20 Å². The number of nitrogens with zero attached hydrogens (tertiary/aromatic N) is 1. The van der Waals surface area contributed by atoms with Crippen molar-refractivity contribution in [3.05, 3.63) is 46.6 Å². The Morgan fingerprint density at radius 3 is 2.43 bits per heavy atom. The van der Waals surface area contributed by atoms with Crippen molar-refractivity contribution in [2.75, 3.05) is 0 Å². The number of pyridine rings is 1. The van der Waals surface area contributed by atoms with Gasteiger partial charge in [0.1, 0.15) is 22.6 Å². The van der Waals surface area contributed by atoms with Gasteiger partial charge in [-0.3, -0.25) is 0 Å². The van der Waals surface area contributed by atoms with E-state index in [9.17, 15) is 9.90 Å². The number of aliphatic carboxylic acids is 1. The fraction of sp³-hybridized carbons (Fsp3) is 0.143. The summed E-state index contributed by atoms with van der Waals surface area (Å²) in [6, 6.07) is 7.86. The first-order chi connectivity index (χ1) is 9.95. The van der Waals surface area contributed by atoms with Crippen LogP contribution in [0.3, 0.4) is 0 Å². The van der Waals surface area contributed by atoms with E-state index in [-0.39, 0.29) is 10.9 Å². The molecule has 110 valence electrons. The minimum atomic E-state index is -1.28. The molecule has 0 saturated carbocycles. The van der Waals surface area contributed by atoms with Crippen LogP contribution >= 0.6 is 23.2 Å². The quantitative estimate of drug-likeness (QED) is 0.844. The molecule has 0 amide bonds. The van der Waals surface area contributed by atoms with Crippen LogP contribution in [0.1, 0.15) is 6.92 Å². The van der Waals surface area contributed by atoms with Crippen molar-refractivity contribution >= 4 is 29.2 Å². The zero-order chi connectivity index (χ0) is 15.4. The molecule has 0 N–H and O–H groups in total. The maximum absolute atomic E-state index is 10.6. The summed E-state index contributed by atoms with van der Waals surface area (Å²) in [5.74, 6) is -0.209. The van der Waals surface area contributed by atoms with Crippen LogP contribution in [0.2, 0.25) is 10.0 Å². The second-order valence-corrected chi connectivity index (χ2v) is 4.94. The van der Waals surface area contributed by atoms with Crippen LogP contribution in [-0.2, 0) is 4.79 Å². The zero-order valence-corrected chi connectivity index (χ0v) is 12.4. The molecule has 0 spiro atoms. The number of ether oxygens (including phenoxy) is 2. The lowest BCUT2D eigenvalue weighted by Crippen LogP contribution is -2.37. The Morgan fingerprint density at radius 1 is 1.24 bits per heavy atom. The van der Waals surface area contributed by atoms with Gasteiger partial charge in [-0.2, -0.15) is 0 Å². The fourth-order valence-corrected chi connectivity index (χ4v) is 1.85. The summed E-state index contributed by atoms with van der Waals surface area (Å²) in [5.41, 5.74) is 0. The molecule has 1 aromatic heterocycles. The maximum Gasteiger partial charge on any atom is 0.238 e. The Labute approximate surface area is 131 Å². The Morgan fingerprint density at radius 2 is 1.86 bits per heavy atom. The van der Waals surface area contributed by atoms with Gasteiger partial charge in [-0.25, -0.2) is 4.98 Å². The Bertz CT molecular complexity index is 646. The first-order valence-corrected chi connectivity index (χ1v) is 6.68. The number of carboxylic acids is 1. The molecule has 21 heavy (non-hydrogen) atoms. The summed E-state index contributed by atoms with van der Waals surface area (Å²) in [6.07, 6.45) is 0.381. The van der Waals surface area contributed by atoms with E-state index >= 15 is 0 Å². The molecule has 0 unspecified atom stereocenters.